The van der Waals surface area contributed by atoms with E-state index in [1.807, 2.05) is 12.1 Å². The van der Waals surface area contributed by atoms with Gasteiger partial charge >= 0.3 is 5.97 Å². The Bertz CT molecular complexity index is 1280. The van der Waals surface area contributed by atoms with Crippen LogP contribution >= 0.6 is 0 Å². The van der Waals surface area contributed by atoms with Crippen LogP contribution in [0.15, 0.2) is 36.5 Å². The van der Waals surface area contributed by atoms with Crippen LogP contribution in [-0.2, 0) is 28.7 Å². The standard InChI is InChI=1S/C26H29N5O7/c1-2-37-26-18(14-21(33)38-26)29-23(34)19-8-5-13-30-20(32)10-9-17(25(36)31(19)30)28-24(35)22-16-7-4-3-6-15(16)11-12-27-22/h3-4,6-7,11-12,17-19,26H,2,5,8-10,13-14H2,1H3,(H,28,35)(H,29,34)/t17-,18-,19-,26?/m0/s1. The fourth-order valence-corrected chi connectivity index (χ4v) is 5.18. The fraction of sp³-hybridized carbons (Fsp3) is 0.462. The highest BCUT2D eigenvalue weighted by molar-refractivity contribution is 6.06. The summed E-state index contributed by atoms with van der Waals surface area (Å²) in [5.74, 6) is -2.41. The molecule has 4 atom stereocenters. The number of hydrazine groups is 1. The quantitative estimate of drug-likeness (QED) is 0.525. The van der Waals surface area contributed by atoms with Crippen molar-refractivity contribution >= 4 is 40.4 Å². The molecule has 1 aromatic carbocycles. The van der Waals surface area contributed by atoms with Gasteiger partial charge in [0.05, 0.1) is 6.42 Å². The molecule has 0 radical (unpaired) electrons. The van der Waals surface area contributed by atoms with Gasteiger partial charge in [0.25, 0.3) is 11.8 Å². The van der Waals surface area contributed by atoms with Crippen LogP contribution in [0.3, 0.4) is 0 Å². The predicted molar refractivity (Wildman–Crippen MR) is 132 cm³/mol. The maximum atomic E-state index is 13.7. The first-order valence-corrected chi connectivity index (χ1v) is 12.8. The molecule has 12 heteroatoms. The molecule has 4 heterocycles. The van der Waals surface area contributed by atoms with Crippen molar-refractivity contribution in [3.8, 4) is 0 Å². The number of carbonyl (C=O) groups excluding carboxylic acids is 5. The Hall–Kier alpha value is -4.06. The number of aromatic nitrogens is 1. The van der Waals surface area contributed by atoms with Crippen LogP contribution in [0.2, 0.25) is 0 Å². The summed E-state index contributed by atoms with van der Waals surface area (Å²) in [5.41, 5.74) is 0.170. The van der Waals surface area contributed by atoms with Crippen LogP contribution in [0.25, 0.3) is 10.8 Å². The summed E-state index contributed by atoms with van der Waals surface area (Å²) in [6.45, 7) is 2.31. The zero-order valence-corrected chi connectivity index (χ0v) is 20.9. The lowest BCUT2D eigenvalue weighted by atomic mass is 10.0. The number of hydrogen-bond acceptors (Lipinski definition) is 8. The number of nitrogens with zero attached hydrogens (tertiary/aromatic N) is 3. The Morgan fingerprint density at radius 3 is 2.76 bits per heavy atom. The summed E-state index contributed by atoms with van der Waals surface area (Å²) in [4.78, 5) is 69.3. The third kappa shape index (κ3) is 4.91. The number of fused-ring (bicyclic) bond motifs is 2. The zero-order chi connectivity index (χ0) is 26.8. The molecule has 38 heavy (non-hydrogen) atoms. The van der Waals surface area contributed by atoms with E-state index in [1.54, 1.807) is 25.1 Å². The highest BCUT2D eigenvalue weighted by Gasteiger charge is 2.46. The largest absolute Gasteiger partial charge is 0.433 e. The Morgan fingerprint density at radius 2 is 1.95 bits per heavy atom. The molecule has 0 bridgehead atoms. The van der Waals surface area contributed by atoms with Crippen LogP contribution in [0.5, 0.6) is 0 Å². The van der Waals surface area contributed by atoms with Gasteiger partial charge in [-0.05, 0) is 37.6 Å². The Labute approximate surface area is 218 Å². The Kier molecular flexibility index (Phi) is 7.23. The molecular weight excluding hydrogens is 494 g/mol. The van der Waals surface area contributed by atoms with Gasteiger partial charge in [0.2, 0.25) is 18.1 Å². The van der Waals surface area contributed by atoms with Crippen LogP contribution in [-0.4, -0.2) is 82.2 Å². The Morgan fingerprint density at radius 1 is 1.13 bits per heavy atom. The molecule has 0 saturated carbocycles. The predicted octanol–water partition coefficient (Wildman–Crippen LogP) is 0.656. The van der Waals surface area contributed by atoms with Crippen molar-refractivity contribution in [2.45, 2.75) is 63.4 Å². The van der Waals surface area contributed by atoms with E-state index < -0.39 is 48.1 Å². The van der Waals surface area contributed by atoms with Crippen LogP contribution in [0.1, 0.15) is 49.5 Å². The molecule has 1 aromatic heterocycles. The molecular formula is C26H29N5O7. The van der Waals surface area contributed by atoms with Gasteiger partial charge in [-0.2, -0.15) is 0 Å². The van der Waals surface area contributed by atoms with E-state index in [9.17, 15) is 24.0 Å². The second-order valence-corrected chi connectivity index (χ2v) is 9.44. The number of carbonyl (C=O) groups is 5. The number of cyclic esters (lactones) is 1. The summed E-state index contributed by atoms with van der Waals surface area (Å²) in [6.07, 6.45) is 1.49. The first-order valence-electron chi connectivity index (χ1n) is 12.8. The van der Waals surface area contributed by atoms with Crippen LogP contribution in [0.4, 0.5) is 0 Å². The summed E-state index contributed by atoms with van der Waals surface area (Å²) < 4.78 is 10.5. The van der Waals surface area contributed by atoms with Gasteiger partial charge in [-0.15, -0.1) is 0 Å². The average molecular weight is 524 g/mol. The van der Waals surface area contributed by atoms with E-state index in [1.165, 1.54) is 16.2 Å². The molecule has 0 aliphatic carbocycles. The molecule has 3 aliphatic heterocycles. The lowest BCUT2D eigenvalue weighted by Gasteiger charge is -2.43. The van der Waals surface area contributed by atoms with Crippen molar-refractivity contribution in [2.75, 3.05) is 13.2 Å². The second kappa shape index (κ2) is 10.7. The molecule has 2 aromatic rings. The van der Waals surface area contributed by atoms with Gasteiger partial charge in [0.15, 0.2) is 0 Å². The summed E-state index contributed by atoms with van der Waals surface area (Å²) in [6, 6.07) is 6.33. The van der Waals surface area contributed by atoms with Crippen molar-refractivity contribution in [2.24, 2.45) is 0 Å². The minimum absolute atomic E-state index is 0.0296. The van der Waals surface area contributed by atoms with Crippen molar-refractivity contribution in [1.82, 2.24) is 25.6 Å². The van der Waals surface area contributed by atoms with Gasteiger partial charge in [0.1, 0.15) is 23.8 Å². The zero-order valence-electron chi connectivity index (χ0n) is 20.9. The van der Waals surface area contributed by atoms with Crippen molar-refractivity contribution in [1.29, 1.82) is 0 Å². The number of rotatable bonds is 6. The number of benzene rings is 1. The fourth-order valence-electron chi connectivity index (χ4n) is 5.18. The van der Waals surface area contributed by atoms with Gasteiger partial charge in [-0.25, -0.2) is 5.01 Å². The average Bonchev–Trinajstić information content (AvgIpc) is 3.21. The van der Waals surface area contributed by atoms with Gasteiger partial charge in [0, 0.05) is 31.2 Å². The monoisotopic (exact) mass is 523 g/mol. The SMILES string of the molecule is CCOC1OC(=O)C[C@@H]1NC(=O)[C@@H]1CCCN2C(=O)CC[C@H](NC(=O)c3nccc4ccccc34)C(=O)N12. The number of ether oxygens (including phenoxy) is 2. The summed E-state index contributed by atoms with van der Waals surface area (Å²) in [7, 11) is 0. The van der Waals surface area contributed by atoms with E-state index in [2.05, 4.69) is 15.6 Å². The molecule has 4 amide bonds. The molecule has 3 saturated heterocycles. The van der Waals surface area contributed by atoms with Gasteiger partial charge < -0.3 is 20.1 Å². The van der Waals surface area contributed by atoms with Crippen LogP contribution < -0.4 is 10.6 Å². The van der Waals surface area contributed by atoms with Gasteiger partial charge in [-0.3, -0.25) is 34.0 Å². The molecule has 1 unspecified atom stereocenters. The Balaban J connectivity index is 1.36. The first-order chi connectivity index (χ1) is 18.4. The highest BCUT2D eigenvalue weighted by atomic mass is 16.7. The minimum Gasteiger partial charge on any atom is -0.433 e. The first kappa shape index (κ1) is 25.6. The maximum absolute atomic E-state index is 13.7. The van der Waals surface area contributed by atoms with Gasteiger partial charge in [-0.1, -0.05) is 24.3 Å². The van der Waals surface area contributed by atoms with Crippen LogP contribution in [0, 0.1) is 0 Å². The number of hydrogen-bond donors (Lipinski definition) is 2. The number of amides is 4. The third-order valence-corrected chi connectivity index (χ3v) is 6.98. The number of pyridine rings is 1. The van der Waals surface area contributed by atoms with Crippen molar-refractivity contribution < 1.29 is 33.4 Å². The molecule has 0 spiro atoms. The lowest BCUT2D eigenvalue weighted by Crippen LogP contribution is -2.64. The summed E-state index contributed by atoms with van der Waals surface area (Å²) in [5, 5.41) is 9.45. The van der Waals surface area contributed by atoms with E-state index in [0.717, 1.165) is 5.39 Å². The lowest BCUT2D eigenvalue weighted by molar-refractivity contribution is -0.177. The second-order valence-electron chi connectivity index (χ2n) is 9.44. The third-order valence-electron chi connectivity index (χ3n) is 6.98. The molecule has 3 aliphatic rings. The minimum atomic E-state index is -1.03. The molecule has 2 N–H and O–H groups in total. The topological polar surface area (TPSA) is 147 Å². The maximum Gasteiger partial charge on any atom is 0.310 e. The molecule has 12 nitrogen and oxygen atoms in total. The smallest absolute Gasteiger partial charge is 0.310 e. The van der Waals surface area contributed by atoms with E-state index in [-0.39, 0.29) is 44.0 Å². The van der Waals surface area contributed by atoms with Crippen molar-refractivity contribution in [3.05, 3.63) is 42.2 Å². The molecule has 3 fully saturated rings. The molecule has 5 rings (SSSR count). The highest BCUT2D eigenvalue weighted by Crippen LogP contribution is 2.26. The van der Waals surface area contributed by atoms with E-state index >= 15 is 0 Å². The van der Waals surface area contributed by atoms with E-state index in [0.29, 0.717) is 18.2 Å². The normalized spacial score (nSPS) is 25.6. The van der Waals surface area contributed by atoms with E-state index in [4.69, 9.17) is 9.47 Å². The number of nitrogens with one attached hydrogen (secondary N) is 2. The molecule has 200 valence electrons. The number of esters is 1. The summed E-state index contributed by atoms with van der Waals surface area (Å²) >= 11 is 0. The van der Waals surface area contributed by atoms with Crippen molar-refractivity contribution in [3.63, 3.8) is 0 Å².